The van der Waals surface area contributed by atoms with E-state index in [1.165, 1.54) is 62.5 Å². The first-order valence-electron chi connectivity index (χ1n) is 14.9. The predicted octanol–water partition coefficient (Wildman–Crippen LogP) is 5.61. The number of sulfonamides is 1. The number of likely N-dealkylation sites (N-methyl/N-ethyl adjacent to an activating group) is 1. The number of benzene rings is 3. The van der Waals surface area contributed by atoms with Crippen molar-refractivity contribution in [1.82, 2.24) is 14.8 Å². The third-order valence-corrected chi connectivity index (χ3v) is 10.2. The molecule has 0 saturated heterocycles. The van der Waals surface area contributed by atoms with Crippen LogP contribution >= 0.6 is 11.6 Å². The van der Waals surface area contributed by atoms with Gasteiger partial charge in [-0.15, -0.1) is 13.2 Å². The molecule has 3 aromatic carbocycles. The lowest BCUT2D eigenvalue weighted by Crippen LogP contribution is -2.60. The number of alkyl halides is 3. The van der Waals surface area contributed by atoms with E-state index in [0.29, 0.717) is 10.00 Å². The Morgan fingerprint density at radius 2 is 1.66 bits per heavy atom. The quantitative estimate of drug-likeness (QED) is 0.194. The van der Waals surface area contributed by atoms with E-state index in [-0.39, 0.29) is 39.9 Å². The molecule has 2 amide bonds. The number of aromatic nitrogens is 1. The highest BCUT2D eigenvalue weighted by Gasteiger charge is 2.62. The van der Waals surface area contributed by atoms with Crippen LogP contribution in [0.4, 0.5) is 18.9 Å². The maximum absolute atomic E-state index is 15.5. The highest BCUT2D eigenvalue weighted by Crippen LogP contribution is 2.54. The Hall–Kier alpha value is -4.86. The van der Waals surface area contributed by atoms with Crippen LogP contribution in [0, 0.1) is 0 Å². The molecular weight excluding hydrogens is 701 g/mol. The fourth-order valence-electron chi connectivity index (χ4n) is 6.07. The number of halogens is 4. The molecule has 264 valence electrons. The average molecular weight is 733 g/mol. The number of anilines is 1. The molecule has 11 nitrogen and oxygen atoms in total. The molecule has 0 saturated carbocycles. The van der Waals surface area contributed by atoms with E-state index in [1.54, 1.807) is 49.4 Å². The molecule has 2 heterocycles. The van der Waals surface area contributed by atoms with E-state index in [1.807, 2.05) is 0 Å². The number of nitrogens with zero attached hydrogens (tertiary/aromatic N) is 4. The summed E-state index contributed by atoms with van der Waals surface area (Å²) in [7, 11) is 0.358. The van der Waals surface area contributed by atoms with Gasteiger partial charge >= 0.3 is 6.36 Å². The van der Waals surface area contributed by atoms with E-state index in [4.69, 9.17) is 21.1 Å². The van der Waals surface area contributed by atoms with E-state index in [0.717, 1.165) is 18.2 Å². The van der Waals surface area contributed by atoms with Gasteiger partial charge in [-0.05, 0) is 55.5 Å². The van der Waals surface area contributed by atoms with Crippen LogP contribution in [0.5, 0.6) is 17.2 Å². The van der Waals surface area contributed by atoms with Gasteiger partial charge in [0.05, 0.1) is 31.6 Å². The summed E-state index contributed by atoms with van der Waals surface area (Å²) in [4.78, 5) is 35.6. The van der Waals surface area contributed by atoms with E-state index in [9.17, 15) is 26.4 Å². The Kier molecular flexibility index (Phi) is 10.1. The lowest BCUT2D eigenvalue weighted by Gasteiger charge is -2.44. The van der Waals surface area contributed by atoms with Gasteiger partial charge in [0.2, 0.25) is 5.91 Å². The van der Waals surface area contributed by atoms with Crippen molar-refractivity contribution in [2.24, 2.45) is 0 Å². The molecule has 0 fully saturated rings. The van der Waals surface area contributed by atoms with Crippen molar-refractivity contribution in [3.8, 4) is 17.2 Å². The Balaban J connectivity index is 1.90. The highest BCUT2D eigenvalue weighted by atomic mass is 35.5. The van der Waals surface area contributed by atoms with Crippen molar-refractivity contribution >= 4 is 39.1 Å². The zero-order valence-corrected chi connectivity index (χ0v) is 29.0. The summed E-state index contributed by atoms with van der Waals surface area (Å²) < 4.78 is 85.6. The van der Waals surface area contributed by atoms with Crippen LogP contribution in [0.15, 0.2) is 90.0 Å². The topological polar surface area (TPSA) is 119 Å². The molecule has 5 rings (SSSR count). The zero-order chi connectivity index (χ0) is 36.6. The molecule has 1 aliphatic heterocycles. The molecule has 0 spiro atoms. The van der Waals surface area contributed by atoms with E-state index < -0.39 is 50.4 Å². The Morgan fingerprint density at radius 3 is 2.28 bits per heavy atom. The van der Waals surface area contributed by atoms with Crippen LogP contribution < -0.4 is 18.5 Å². The molecule has 0 aliphatic carbocycles. The second-order valence-electron chi connectivity index (χ2n) is 11.4. The molecule has 1 aliphatic rings. The molecule has 50 heavy (non-hydrogen) atoms. The first kappa shape index (κ1) is 36.4. The standard InChI is InChI=1S/C34H32ClF3N4O7S/c1-21(31(43)40(2)3)41(20-23-10-8-9-17-39-23)33(25-11-6-7-12-28(25)48-5)26-18-22(35)13-15-27(26)42(32(33)44)50(45,46)30-16-14-24(47-4)19-29(30)49-34(36,37)38/h6-19,21H,20H2,1-5H3/t21-,33?/m0/s1. The van der Waals surface area contributed by atoms with Crippen molar-refractivity contribution < 1.29 is 45.4 Å². The van der Waals surface area contributed by atoms with Gasteiger partial charge in [0.1, 0.15) is 16.4 Å². The number of methoxy groups -OCH3 is 2. The molecule has 1 aromatic heterocycles. The van der Waals surface area contributed by atoms with Crippen LogP contribution in [-0.4, -0.2) is 75.7 Å². The third kappa shape index (κ3) is 6.43. The third-order valence-electron chi connectivity index (χ3n) is 8.21. The number of rotatable bonds is 11. The number of hydrogen-bond donors (Lipinski definition) is 0. The lowest BCUT2D eigenvalue weighted by molar-refractivity contribution is -0.275. The second-order valence-corrected chi connectivity index (χ2v) is 13.6. The summed E-state index contributed by atoms with van der Waals surface area (Å²) in [6.07, 6.45) is -3.79. The number of fused-ring (bicyclic) bond motifs is 1. The highest BCUT2D eigenvalue weighted by molar-refractivity contribution is 7.93. The summed E-state index contributed by atoms with van der Waals surface area (Å²) >= 11 is 6.55. The van der Waals surface area contributed by atoms with Crippen LogP contribution in [-0.2, 0) is 31.7 Å². The molecule has 2 atom stereocenters. The Bertz CT molecular complexity index is 2030. The van der Waals surface area contributed by atoms with Gasteiger partial charge in [0.15, 0.2) is 11.3 Å². The normalized spacial score (nSPS) is 16.6. The fourth-order valence-corrected chi connectivity index (χ4v) is 7.80. The molecular formula is C34H32ClF3N4O7S. The minimum atomic E-state index is -5.31. The lowest BCUT2D eigenvalue weighted by atomic mass is 9.80. The van der Waals surface area contributed by atoms with Gasteiger partial charge in [-0.1, -0.05) is 35.9 Å². The van der Waals surface area contributed by atoms with Crippen molar-refractivity contribution in [2.75, 3.05) is 32.6 Å². The number of carbonyl (C=O) groups excluding carboxylic acids is 2. The van der Waals surface area contributed by atoms with Gasteiger partial charge in [0.25, 0.3) is 15.9 Å². The first-order valence-corrected chi connectivity index (χ1v) is 16.7. The fraction of sp³-hybridized carbons (Fsp3) is 0.265. The van der Waals surface area contributed by atoms with Crippen LogP contribution in [0.1, 0.15) is 23.7 Å². The Morgan fingerprint density at radius 1 is 0.960 bits per heavy atom. The second kappa shape index (κ2) is 13.8. The maximum Gasteiger partial charge on any atom is 0.573 e. The van der Waals surface area contributed by atoms with Crippen LogP contribution in [0.25, 0.3) is 0 Å². The number of ether oxygens (including phenoxy) is 3. The van der Waals surface area contributed by atoms with Gasteiger partial charge in [-0.3, -0.25) is 19.5 Å². The molecule has 4 aromatic rings. The van der Waals surface area contributed by atoms with Gasteiger partial charge in [0, 0.05) is 49.1 Å². The van der Waals surface area contributed by atoms with E-state index >= 15 is 4.79 Å². The summed E-state index contributed by atoms with van der Waals surface area (Å²) in [5.41, 5.74) is -1.86. The first-order chi connectivity index (χ1) is 23.6. The van der Waals surface area contributed by atoms with Crippen molar-refractivity contribution in [3.63, 3.8) is 0 Å². The zero-order valence-electron chi connectivity index (χ0n) is 27.4. The number of amides is 2. The van der Waals surface area contributed by atoms with Crippen LogP contribution in [0.3, 0.4) is 0 Å². The average Bonchev–Trinajstić information content (AvgIpc) is 3.33. The predicted molar refractivity (Wildman–Crippen MR) is 178 cm³/mol. The minimum Gasteiger partial charge on any atom is -0.497 e. The summed E-state index contributed by atoms with van der Waals surface area (Å²) in [6, 6.07) is 17.0. The number of para-hydroxylation sites is 1. The Labute approximate surface area is 291 Å². The SMILES string of the molecule is COc1ccc(S(=O)(=O)N2C(=O)C(c3ccccc3OC)(N(Cc3ccccn3)[C@@H](C)C(=O)N(C)C)c3cc(Cl)ccc32)c(OC(F)(F)F)c1. The largest absolute Gasteiger partial charge is 0.573 e. The van der Waals surface area contributed by atoms with Gasteiger partial charge in [-0.25, -0.2) is 12.7 Å². The number of hydrogen-bond acceptors (Lipinski definition) is 9. The smallest absolute Gasteiger partial charge is 0.497 e. The van der Waals surface area contributed by atoms with Gasteiger partial charge in [-0.2, -0.15) is 0 Å². The summed E-state index contributed by atoms with van der Waals surface area (Å²) in [6.45, 7) is 1.37. The van der Waals surface area contributed by atoms with E-state index in [2.05, 4.69) is 9.72 Å². The molecule has 0 radical (unpaired) electrons. The number of pyridine rings is 1. The van der Waals surface area contributed by atoms with Gasteiger partial charge < -0.3 is 19.1 Å². The molecule has 1 unspecified atom stereocenters. The minimum absolute atomic E-state index is 0.0178. The summed E-state index contributed by atoms with van der Waals surface area (Å²) in [5.74, 6) is -2.72. The van der Waals surface area contributed by atoms with Crippen molar-refractivity contribution in [3.05, 3.63) is 107 Å². The molecule has 0 bridgehead atoms. The maximum atomic E-state index is 15.5. The molecule has 0 N–H and O–H groups in total. The number of carbonyl (C=O) groups is 2. The monoisotopic (exact) mass is 732 g/mol. The summed E-state index contributed by atoms with van der Waals surface area (Å²) in [5, 5.41) is 0.102. The van der Waals surface area contributed by atoms with Crippen molar-refractivity contribution in [1.29, 1.82) is 0 Å². The van der Waals surface area contributed by atoms with Crippen molar-refractivity contribution in [2.45, 2.75) is 36.3 Å². The van der Waals surface area contributed by atoms with Crippen LogP contribution in [0.2, 0.25) is 5.02 Å². The molecule has 16 heteroatoms.